The zero-order valence-corrected chi connectivity index (χ0v) is 13.2. The largest absolute Gasteiger partial charge is 0.444 e. The van der Waals surface area contributed by atoms with Crippen LogP contribution in [0.25, 0.3) is 0 Å². The maximum atomic E-state index is 11.8. The van der Waals surface area contributed by atoms with E-state index < -0.39 is 11.7 Å². The van der Waals surface area contributed by atoms with Crippen LogP contribution >= 0.6 is 15.9 Å². The van der Waals surface area contributed by atoms with Gasteiger partial charge in [0, 0.05) is 4.47 Å². The Bertz CT molecular complexity index is 452. The van der Waals surface area contributed by atoms with Crippen LogP contribution in [0.3, 0.4) is 0 Å². The van der Waals surface area contributed by atoms with Gasteiger partial charge in [-0.25, -0.2) is 4.79 Å². The normalized spacial score (nSPS) is 12.6. The summed E-state index contributed by atoms with van der Waals surface area (Å²) in [5, 5.41) is 2.86. The van der Waals surface area contributed by atoms with Crippen LogP contribution in [0.4, 0.5) is 4.79 Å². The molecule has 1 aromatic rings. The number of hydrogen-bond donors (Lipinski definition) is 1. The lowest BCUT2D eigenvalue weighted by Crippen LogP contribution is -2.34. The van der Waals surface area contributed by atoms with Gasteiger partial charge in [-0.1, -0.05) is 34.1 Å². The van der Waals surface area contributed by atoms with Crippen molar-refractivity contribution < 1.29 is 9.53 Å². The van der Waals surface area contributed by atoms with Gasteiger partial charge in [0.2, 0.25) is 0 Å². The minimum atomic E-state index is -0.500. The van der Waals surface area contributed by atoms with E-state index in [-0.39, 0.29) is 6.04 Å². The van der Waals surface area contributed by atoms with Gasteiger partial charge in [0.15, 0.2) is 0 Å². The Morgan fingerprint density at radius 1 is 1.53 bits per heavy atom. The molecule has 1 unspecified atom stereocenters. The van der Waals surface area contributed by atoms with E-state index >= 15 is 0 Å². The summed E-state index contributed by atoms with van der Waals surface area (Å²) >= 11 is 3.43. The van der Waals surface area contributed by atoms with Gasteiger partial charge < -0.3 is 10.1 Å². The third-order valence-electron chi connectivity index (χ3n) is 2.34. The van der Waals surface area contributed by atoms with Crippen LogP contribution in [0.5, 0.6) is 0 Å². The van der Waals surface area contributed by atoms with Crippen LogP contribution in [0.1, 0.15) is 38.8 Å². The van der Waals surface area contributed by atoms with Crippen molar-refractivity contribution in [1.82, 2.24) is 5.32 Å². The average molecular weight is 326 g/mol. The number of carbonyl (C=O) groups excluding carboxylic acids is 1. The van der Waals surface area contributed by atoms with Crippen molar-refractivity contribution in [3.05, 3.63) is 47.0 Å². The predicted molar refractivity (Wildman–Crippen MR) is 81.1 cm³/mol. The SMILES string of the molecule is C=CCC(NC(=O)OC(C)(C)C)c1cccc(Br)c1. The van der Waals surface area contributed by atoms with E-state index in [4.69, 9.17) is 4.74 Å². The van der Waals surface area contributed by atoms with E-state index in [2.05, 4.69) is 27.8 Å². The van der Waals surface area contributed by atoms with Crippen molar-refractivity contribution in [3.63, 3.8) is 0 Å². The van der Waals surface area contributed by atoms with Crippen molar-refractivity contribution in [3.8, 4) is 0 Å². The second-order valence-corrected chi connectivity index (χ2v) is 6.19. The summed E-state index contributed by atoms with van der Waals surface area (Å²) in [5.74, 6) is 0. The van der Waals surface area contributed by atoms with Gasteiger partial charge in [-0.05, 0) is 44.9 Å². The molecule has 1 atom stereocenters. The summed E-state index contributed by atoms with van der Waals surface area (Å²) in [4.78, 5) is 11.8. The molecule has 0 aliphatic carbocycles. The lowest BCUT2D eigenvalue weighted by Gasteiger charge is -2.23. The Morgan fingerprint density at radius 2 is 2.21 bits per heavy atom. The van der Waals surface area contributed by atoms with E-state index in [9.17, 15) is 4.79 Å². The number of carbonyl (C=O) groups is 1. The van der Waals surface area contributed by atoms with Gasteiger partial charge >= 0.3 is 6.09 Å². The second-order valence-electron chi connectivity index (χ2n) is 5.28. The molecule has 1 aromatic carbocycles. The maximum Gasteiger partial charge on any atom is 0.408 e. The second kappa shape index (κ2) is 6.75. The number of benzene rings is 1. The number of amides is 1. The number of hydrogen-bond acceptors (Lipinski definition) is 2. The molecule has 104 valence electrons. The molecule has 1 amide bonds. The Morgan fingerprint density at radius 3 is 2.74 bits per heavy atom. The van der Waals surface area contributed by atoms with E-state index in [1.165, 1.54) is 0 Å². The van der Waals surface area contributed by atoms with E-state index in [1.54, 1.807) is 6.08 Å². The number of halogens is 1. The zero-order valence-electron chi connectivity index (χ0n) is 11.6. The molecule has 0 spiro atoms. The number of alkyl carbamates (subject to hydrolysis) is 1. The van der Waals surface area contributed by atoms with Gasteiger partial charge in [0.05, 0.1) is 6.04 Å². The molecular formula is C15H20BrNO2. The van der Waals surface area contributed by atoms with E-state index in [0.29, 0.717) is 6.42 Å². The van der Waals surface area contributed by atoms with Crippen LogP contribution < -0.4 is 5.32 Å². The smallest absolute Gasteiger partial charge is 0.408 e. The fraction of sp³-hybridized carbons (Fsp3) is 0.400. The van der Waals surface area contributed by atoms with Crippen molar-refractivity contribution in [2.75, 3.05) is 0 Å². The number of nitrogens with one attached hydrogen (secondary N) is 1. The van der Waals surface area contributed by atoms with Gasteiger partial charge in [-0.15, -0.1) is 6.58 Å². The molecule has 0 aliphatic rings. The lowest BCUT2D eigenvalue weighted by atomic mass is 10.0. The number of ether oxygens (including phenoxy) is 1. The number of rotatable bonds is 4. The van der Waals surface area contributed by atoms with Crippen molar-refractivity contribution >= 4 is 22.0 Å². The summed E-state index contributed by atoms with van der Waals surface area (Å²) in [6.07, 6.45) is 2.01. The third-order valence-corrected chi connectivity index (χ3v) is 2.84. The molecule has 4 heteroatoms. The van der Waals surface area contributed by atoms with Gasteiger partial charge in [-0.3, -0.25) is 0 Å². The monoisotopic (exact) mass is 325 g/mol. The van der Waals surface area contributed by atoms with Gasteiger partial charge in [0.25, 0.3) is 0 Å². The molecule has 1 rings (SSSR count). The molecule has 0 bridgehead atoms. The average Bonchev–Trinajstić information content (AvgIpc) is 2.26. The van der Waals surface area contributed by atoms with Crippen LogP contribution in [-0.4, -0.2) is 11.7 Å². The van der Waals surface area contributed by atoms with Crippen molar-refractivity contribution in [2.45, 2.75) is 38.8 Å². The maximum absolute atomic E-state index is 11.8. The fourth-order valence-electron chi connectivity index (χ4n) is 1.62. The highest BCUT2D eigenvalue weighted by Gasteiger charge is 2.19. The highest BCUT2D eigenvalue weighted by molar-refractivity contribution is 9.10. The fourth-order valence-corrected chi connectivity index (χ4v) is 2.04. The molecule has 0 aliphatic heterocycles. The Kier molecular flexibility index (Phi) is 5.60. The third kappa shape index (κ3) is 5.92. The first-order valence-electron chi connectivity index (χ1n) is 6.17. The molecular weight excluding hydrogens is 306 g/mol. The standard InChI is InChI=1S/C15H20BrNO2/c1-5-7-13(11-8-6-9-12(16)10-11)17-14(18)19-15(2,3)4/h5-6,8-10,13H,1,7H2,2-4H3,(H,17,18). The minimum absolute atomic E-state index is 0.134. The Hall–Kier alpha value is -1.29. The predicted octanol–water partition coefficient (Wildman–Crippen LogP) is 4.59. The topological polar surface area (TPSA) is 38.3 Å². The molecule has 3 nitrogen and oxygen atoms in total. The lowest BCUT2D eigenvalue weighted by molar-refractivity contribution is 0.0504. The van der Waals surface area contributed by atoms with Crippen LogP contribution in [-0.2, 0) is 4.74 Å². The summed E-state index contributed by atoms with van der Waals surface area (Å²) in [7, 11) is 0. The molecule has 0 heterocycles. The van der Waals surface area contributed by atoms with Crippen LogP contribution in [0.15, 0.2) is 41.4 Å². The first-order valence-corrected chi connectivity index (χ1v) is 6.97. The van der Waals surface area contributed by atoms with E-state index in [0.717, 1.165) is 10.0 Å². The van der Waals surface area contributed by atoms with E-state index in [1.807, 2.05) is 45.0 Å². The quantitative estimate of drug-likeness (QED) is 0.822. The first-order chi connectivity index (χ1) is 8.81. The first kappa shape index (κ1) is 15.8. The molecule has 0 aromatic heterocycles. The van der Waals surface area contributed by atoms with Crippen molar-refractivity contribution in [1.29, 1.82) is 0 Å². The molecule has 0 saturated heterocycles. The van der Waals surface area contributed by atoms with Gasteiger partial charge in [-0.2, -0.15) is 0 Å². The van der Waals surface area contributed by atoms with Crippen molar-refractivity contribution in [2.24, 2.45) is 0 Å². The van der Waals surface area contributed by atoms with Crippen LogP contribution in [0, 0.1) is 0 Å². The molecule has 0 saturated carbocycles. The Balaban J connectivity index is 2.78. The summed E-state index contributed by atoms with van der Waals surface area (Å²) in [5.41, 5.74) is 0.514. The molecule has 19 heavy (non-hydrogen) atoms. The molecule has 0 radical (unpaired) electrons. The summed E-state index contributed by atoms with van der Waals surface area (Å²) < 4.78 is 6.25. The van der Waals surface area contributed by atoms with Gasteiger partial charge in [0.1, 0.15) is 5.60 Å². The summed E-state index contributed by atoms with van der Waals surface area (Å²) in [6.45, 7) is 9.25. The highest BCUT2D eigenvalue weighted by atomic mass is 79.9. The highest BCUT2D eigenvalue weighted by Crippen LogP contribution is 2.21. The molecule has 0 fully saturated rings. The zero-order chi connectivity index (χ0) is 14.5. The molecule has 1 N–H and O–H groups in total. The summed E-state index contributed by atoms with van der Waals surface area (Å²) in [6, 6.07) is 7.70. The van der Waals surface area contributed by atoms with Crippen LogP contribution in [0.2, 0.25) is 0 Å². The Labute approximate surface area is 123 Å². The minimum Gasteiger partial charge on any atom is -0.444 e.